The molecule has 0 atom stereocenters. The number of Topliss-reactive ketones (excluding diaryl/α,β-unsaturated/α-hetero) is 1. The van der Waals surface area contributed by atoms with Gasteiger partial charge in [-0.2, -0.15) is 18.3 Å². The van der Waals surface area contributed by atoms with E-state index in [9.17, 15) is 35.9 Å². The molecule has 7 nitrogen and oxygen atoms in total. The molecule has 0 bridgehead atoms. The normalized spacial score (nSPS) is 16.7. The highest BCUT2D eigenvalue weighted by molar-refractivity contribution is 5.98. The number of hydrogen-bond donors (Lipinski definition) is 0. The van der Waals surface area contributed by atoms with E-state index in [0.29, 0.717) is 54.8 Å². The summed E-state index contributed by atoms with van der Waals surface area (Å²) in [7, 11) is 0. The van der Waals surface area contributed by atoms with Gasteiger partial charge in [0.2, 0.25) is 0 Å². The molecule has 228 valence electrons. The average molecular weight is 614 g/mol. The molecule has 2 aromatic carbocycles. The van der Waals surface area contributed by atoms with E-state index >= 15 is 0 Å². The van der Waals surface area contributed by atoms with Crippen LogP contribution in [0.25, 0.3) is 16.9 Å². The first kappa shape index (κ1) is 29.4. The fourth-order valence-electron chi connectivity index (χ4n) is 6.27. The highest BCUT2D eigenvalue weighted by Crippen LogP contribution is 2.40. The average Bonchev–Trinajstić information content (AvgIpc) is 3.49. The Bertz CT molecular complexity index is 1720. The molecule has 0 unspecified atom stereocenters. The van der Waals surface area contributed by atoms with Crippen molar-refractivity contribution in [3.05, 3.63) is 95.2 Å². The fraction of sp³-hybridized carbons (Fsp3) is 0.290. The predicted octanol–water partition coefficient (Wildman–Crippen LogP) is 6.13. The Balaban J connectivity index is 1.34. The molecule has 4 heterocycles. The maximum atomic E-state index is 14.6. The monoisotopic (exact) mass is 613 g/mol. The van der Waals surface area contributed by atoms with Gasteiger partial charge >= 0.3 is 6.18 Å². The molecule has 2 aromatic heterocycles. The van der Waals surface area contributed by atoms with Crippen molar-refractivity contribution in [1.29, 1.82) is 0 Å². The SMILES string of the molecule is Cc1c(C(=O)N2CCC3(CC2)C(=O)CCN3c2ccc(F)cc2)nn(-c2cc(F)c(C(F)(F)F)c(F)c2)c1-c1cccnc1. The van der Waals surface area contributed by atoms with E-state index < -0.39 is 40.6 Å². The topological polar surface area (TPSA) is 71.3 Å². The van der Waals surface area contributed by atoms with Crippen LogP contribution in [0.15, 0.2) is 60.9 Å². The number of likely N-dealkylation sites (tertiary alicyclic amines) is 1. The molecule has 1 amide bonds. The van der Waals surface area contributed by atoms with Gasteiger partial charge in [0.05, 0.1) is 11.4 Å². The van der Waals surface area contributed by atoms with E-state index in [1.54, 1.807) is 31.2 Å². The highest BCUT2D eigenvalue weighted by Gasteiger charge is 2.50. The number of carbonyl (C=O) groups is 2. The molecular formula is C31H25F6N5O2. The number of benzene rings is 2. The lowest BCUT2D eigenvalue weighted by molar-refractivity contribution is -0.142. The van der Waals surface area contributed by atoms with Crippen molar-refractivity contribution in [3.8, 4) is 16.9 Å². The Kier molecular flexibility index (Phi) is 7.21. The number of anilines is 1. The van der Waals surface area contributed by atoms with Gasteiger partial charge in [0.15, 0.2) is 11.5 Å². The van der Waals surface area contributed by atoms with Crippen molar-refractivity contribution in [2.45, 2.75) is 37.9 Å². The largest absolute Gasteiger partial charge is 0.422 e. The molecule has 2 aliphatic heterocycles. The molecule has 0 saturated carbocycles. The van der Waals surface area contributed by atoms with Crippen molar-refractivity contribution in [3.63, 3.8) is 0 Å². The van der Waals surface area contributed by atoms with E-state index in [-0.39, 0.29) is 35.9 Å². The van der Waals surface area contributed by atoms with E-state index in [4.69, 9.17) is 0 Å². The van der Waals surface area contributed by atoms with Crippen LogP contribution in [0.4, 0.5) is 32.0 Å². The number of rotatable bonds is 4. The number of hydrogen-bond acceptors (Lipinski definition) is 5. The molecule has 6 rings (SSSR count). The van der Waals surface area contributed by atoms with Crippen molar-refractivity contribution in [1.82, 2.24) is 19.7 Å². The van der Waals surface area contributed by atoms with Gasteiger partial charge in [0.25, 0.3) is 5.91 Å². The second kappa shape index (κ2) is 10.8. The number of ketones is 1. The van der Waals surface area contributed by atoms with Crippen LogP contribution < -0.4 is 4.90 Å². The zero-order chi connectivity index (χ0) is 31.4. The lowest BCUT2D eigenvalue weighted by Gasteiger charge is -2.44. The van der Waals surface area contributed by atoms with Crippen molar-refractivity contribution in [2.75, 3.05) is 24.5 Å². The Morgan fingerprint density at radius 3 is 2.18 bits per heavy atom. The predicted molar refractivity (Wildman–Crippen MR) is 148 cm³/mol. The Labute approximate surface area is 247 Å². The molecule has 1 spiro atoms. The molecule has 2 saturated heterocycles. The van der Waals surface area contributed by atoms with Crippen LogP contribution >= 0.6 is 0 Å². The summed E-state index contributed by atoms with van der Waals surface area (Å²) in [4.78, 5) is 34.5. The number of pyridine rings is 1. The standard InChI is InChI=1S/C31H25F6N5O2/c1-18-27(29(44)40-13-9-30(10-14-40)25(43)8-12-41(30)21-6-4-20(32)5-7-21)39-42(28(18)19-3-2-11-38-17-19)22-15-23(33)26(24(34)16-22)31(35,36)37/h2-7,11,15-17H,8-10,12-14H2,1H3. The zero-order valence-corrected chi connectivity index (χ0v) is 23.3. The first-order valence-corrected chi connectivity index (χ1v) is 13.8. The third kappa shape index (κ3) is 4.89. The van der Waals surface area contributed by atoms with E-state index in [0.717, 1.165) is 4.68 Å². The quantitative estimate of drug-likeness (QED) is 0.259. The number of halogens is 6. The Morgan fingerprint density at radius 1 is 0.932 bits per heavy atom. The van der Waals surface area contributed by atoms with Crippen LogP contribution in [0, 0.1) is 24.4 Å². The number of aromatic nitrogens is 3. The van der Waals surface area contributed by atoms with Gasteiger partial charge in [-0.25, -0.2) is 17.9 Å². The molecule has 4 aromatic rings. The van der Waals surface area contributed by atoms with Crippen LogP contribution in [0.5, 0.6) is 0 Å². The summed E-state index contributed by atoms with van der Waals surface area (Å²) in [6, 6.07) is 10.2. The zero-order valence-electron chi connectivity index (χ0n) is 23.3. The summed E-state index contributed by atoms with van der Waals surface area (Å²) >= 11 is 0. The molecule has 0 aliphatic carbocycles. The smallest absolute Gasteiger partial charge is 0.358 e. The summed E-state index contributed by atoms with van der Waals surface area (Å²) in [5, 5.41) is 4.35. The minimum Gasteiger partial charge on any atom is -0.358 e. The molecular weight excluding hydrogens is 588 g/mol. The Hall–Kier alpha value is -4.68. The van der Waals surface area contributed by atoms with Crippen LogP contribution in [0.2, 0.25) is 0 Å². The van der Waals surface area contributed by atoms with Crippen LogP contribution in [-0.2, 0) is 11.0 Å². The first-order valence-electron chi connectivity index (χ1n) is 13.8. The van der Waals surface area contributed by atoms with Crippen molar-refractivity contribution < 1.29 is 35.9 Å². The summed E-state index contributed by atoms with van der Waals surface area (Å²) in [5.41, 5.74) is -1.60. The summed E-state index contributed by atoms with van der Waals surface area (Å²) in [6.07, 6.45) is -1.36. The van der Waals surface area contributed by atoms with E-state index in [1.807, 2.05) is 4.90 Å². The second-order valence-corrected chi connectivity index (χ2v) is 10.9. The molecule has 2 aliphatic rings. The Morgan fingerprint density at radius 2 is 1.59 bits per heavy atom. The maximum Gasteiger partial charge on any atom is 0.422 e. The van der Waals surface area contributed by atoms with Gasteiger partial charge in [-0.3, -0.25) is 14.6 Å². The number of piperidine rings is 1. The number of nitrogens with zero attached hydrogens (tertiary/aromatic N) is 5. The summed E-state index contributed by atoms with van der Waals surface area (Å²) in [6.45, 7) is 2.44. The van der Waals surface area contributed by atoms with Gasteiger partial charge in [-0.15, -0.1) is 0 Å². The lowest BCUT2D eigenvalue weighted by atomic mass is 9.83. The van der Waals surface area contributed by atoms with E-state index in [2.05, 4.69) is 10.1 Å². The molecule has 0 radical (unpaired) electrons. The highest BCUT2D eigenvalue weighted by atomic mass is 19.4. The molecule has 2 fully saturated rings. The van der Waals surface area contributed by atoms with Gasteiger partial charge in [-0.1, -0.05) is 0 Å². The fourth-order valence-corrected chi connectivity index (χ4v) is 6.27. The third-order valence-electron chi connectivity index (χ3n) is 8.43. The third-order valence-corrected chi connectivity index (χ3v) is 8.43. The van der Waals surface area contributed by atoms with Gasteiger partial charge in [-0.05, 0) is 56.2 Å². The minimum absolute atomic E-state index is 0.0413. The van der Waals surface area contributed by atoms with Crippen LogP contribution in [0.3, 0.4) is 0 Å². The first-order chi connectivity index (χ1) is 20.9. The number of amides is 1. The van der Waals surface area contributed by atoms with Crippen LogP contribution in [-0.4, -0.2) is 56.5 Å². The lowest BCUT2D eigenvalue weighted by Crippen LogP contribution is -2.56. The minimum atomic E-state index is -5.25. The molecule has 13 heteroatoms. The summed E-state index contributed by atoms with van der Waals surface area (Å²) in [5.74, 6) is -4.50. The van der Waals surface area contributed by atoms with Gasteiger partial charge in [0, 0.05) is 67.4 Å². The van der Waals surface area contributed by atoms with Crippen LogP contribution in [0.1, 0.15) is 40.9 Å². The van der Waals surface area contributed by atoms with Gasteiger partial charge in [0.1, 0.15) is 28.6 Å². The van der Waals surface area contributed by atoms with Crippen molar-refractivity contribution in [2.24, 2.45) is 0 Å². The molecule has 44 heavy (non-hydrogen) atoms. The molecule has 0 N–H and O–H groups in total. The second-order valence-electron chi connectivity index (χ2n) is 10.9. The number of carbonyl (C=O) groups excluding carboxylic acids is 2. The van der Waals surface area contributed by atoms with Gasteiger partial charge < -0.3 is 9.80 Å². The maximum absolute atomic E-state index is 14.6. The summed E-state index contributed by atoms with van der Waals surface area (Å²) < 4.78 is 83.5. The van der Waals surface area contributed by atoms with E-state index in [1.165, 1.54) is 29.4 Å². The number of alkyl halides is 3. The van der Waals surface area contributed by atoms with Crippen molar-refractivity contribution >= 4 is 17.4 Å².